The van der Waals surface area contributed by atoms with Crippen LogP contribution in [0.1, 0.15) is 43.9 Å². The third-order valence-corrected chi connectivity index (χ3v) is 8.75. The van der Waals surface area contributed by atoms with Crippen molar-refractivity contribution in [2.24, 2.45) is 0 Å². The number of fused-ring (bicyclic) bond motifs is 1. The van der Waals surface area contributed by atoms with Gasteiger partial charge in [-0.05, 0) is 45.7 Å². The molecule has 2 aromatic heterocycles. The first-order valence-corrected chi connectivity index (χ1v) is 13.3. The third kappa shape index (κ3) is 4.37. The maximum atomic E-state index is 13.3. The Morgan fingerprint density at radius 1 is 1.26 bits per heavy atom. The zero-order valence-corrected chi connectivity index (χ0v) is 20.6. The van der Waals surface area contributed by atoms with Crippen LogP contribution in [0, 0.1) is 6.92 Å². The van der Waals surface area contributed by atoms with E-state index in [1.54, 1.807) is 13.0 Å². The zero-order valence-electron chi connectivity index (χ0n) is 19.0. The highest BCUT2D eigenvalue weighted by Crippen LogP contribution is 2.40. The first kappa shape index (κ1) is 23.4. The number of rotatable bonds is 6. The molecular weight excluding hydrogens is 484 g/mol. The van der Waals surface area contributed by atoms with Crippen molar-refractivity contribution in [3.63, 3.8) is 0 Å². The molecule has 182 valence electrons. The lowest BCUT2D eigenvalue weighted by molar-refractivity contribution is 0.150. The average molecular weight is 510 g/mol. The molecule has 2 aliphatic rings. The van der Waals surface area contributed by atoms with Crippen LogP contribution in [0.2, 0.25) is 0 Å². The predicted octanol–water partition coefficient (Wildman–Crippen LogP) is 3.02. The number of alkyl halides is 2. The monoisotopic (exact) mass is 509 g/mol. The molecule has 2 N–H and O–H groups in total. The molecule has 0 radical (unpaired) electrons. The van der Waals surface area contributed by atoms with Gasteiger partial charge in [0, 0.05) is 36.6 Å². The van der Waals surface area contributed by atoms with Gasteiger partial charge in [0.25, 0.3) is 6.43 Å². The van der Waals surface area contributed by atoms with Crippen molar-refractivity contribution in [2.75, 3.05) is 24.5 Å². The summed E-state index contributed by atoms with van der Waals surface area (Å²) in [5, 5.41) is 11.1. The van der Waals surface area contributed by atoms with E-state index in [1.807, 2.05) is 6.92 Å². The average Bonchev–Trinajstić information content (AvgIpc) is 3.29. The Morgan fingerprint density at radius 2 is 2.03 bits per heavy atom. The molecule has 0 bridgehead atoms. The van der Waals surface area contributed by atoms with Gasteiger partial charge in [-0.3, -0.25) is 0 Å². The van der Waals surface area contributed by atoms with Crippen LogP contribution < -0.4 is 14.9 Å². The number of aryl methyl sites for hydroxylation is 1. The first-order valence-electron chi connectivity index (χ1n) is 11.0. The van der Waals surface area contributed by atoms with Crippen LogP contribution in [0.5, 0.6) is 0 Å². The number of nitrogens with one attached hydrogen (secondary N) is 2. The molecule has 1 aliphatic carbocycles. The topological polar surface area (TPSA) is 113 Å². The van der Waals surface area contributed by atoms with Crippen molar-refractivity contribution in [3.05, 3.63) is 23.0 Å². The number of benzene rings is 1. The molecule has 1 atom stereocenters. The van der Waals surface area contributed by atoms with Crippen LogP contribution in [-0.2, 0) is 10.0 Å². The van der Waals surface area contributed by atoms with E-state index in [2.05, 4.69) is 42.0 Å². The summed E-state index contributed by atoms with van der Waals surface area (Å²) in [6.45, 7) is 7.78. The van der Waals surface area contributed by atoms with Gasteiger partial charge in [-0.15, -0.1) is 10.2 Å². The molecule has 13 heteroatoms. The number of piperazine rings is 1. The summed E-state index contributed by atoms with van der Waals surface area (Å²) in [5.41, 5.74) is 1.07. The first-order chi connectivity index (χ1) is 16.1. The molecule has 0 unspecified atom stereocenters. The van der Waals surface area contributed by atoms with Gasteiger partial charge >= 0.3 is 0 Å². The normalized spacial score (nSPS) is 20.3. The van der Waals surface area contributed by atoms with Crippen molar-refractivity contribution in [3.8, 4) is 10.7 Å². The summed E-state index contributed by atoms with van der Waals surface area (Å²) in [6.07, 6.45) is -1.20. The molecular formula is C21H25F2N7O2S2. The zero-order chi connectivity index (χ0) is 24.3. The Labute approximate surface area is 200 Å². The van der Waals surface area contributed by atoms with Crippen molar-refractivity contribution in [2.45, 2.75) is 56.5 Å². The maximum Gasteiger partial charge on any atom is 0.291 e. The number of aromatic nitrogens is 4. The molecule has 1 aromatic carbocycles. The summed E-state index contributed by atoms with van der Waals surface area (Å²) in [5.74, 6) is 0.430. The van der Waals surface area contributed by atoms with Crippen molar-refractivity contribution >= 4 is 38.0 Å². The lowest BCUT2D eigenvalue weighted by atomic mass is 10.1. The Hall–Kier alpha value is -2.35. The van der Waals surface area contributed by atoms with Gasteiger partial charge in [0.1, 0.15) is 11.5 Å². The van der Waals surface area contributed by atoms with Crippen LogP contribution in [0.3, 0.4) is 0 Å². The van der Waals surface area contributed by atoms with Gasteiger partial charge in [-0.25, -0.2) is 31.9 Å². The van der Waals surface area contributed by atoms with E-state index in [-0.39, 0.29) is 15.9 Å². The van der Waals surface area contributed by atoms with E-state index in [9.17, 15) is 17.2 Å². The Bertz CT molecular complexity index is 1360. The number of nitrogens with zero attached hydrogens (tertiary/aromatic N) is 5. The lowest BCUT2D eigenvalue weighted by Gasteiger charge is -2.36. The molecule has 1 saturated carbocycles. The van der Waals surface area contributed by atoms with E-state index in [0.29, 0.717) is 34.7 Å². The Kier molecular flexibility index (Phi) is 5.78. The minimum atomic E-state index is -3.84. The highest BCUT2D eigenvalue weighted by molar-refractivity contribution is 7.89. The van der Waals surface area contributed by atoms with Crippen LogP contribution in [0.15, 0.2) is 17.0 Å². The molecule has 34 heavy (non-hydrogen) atoms. The van der Waals surface area contributed by atoms with Crippen molar-refractivity contribution in [1.29, 1.82) is 0 Å². The second-order valence-corrected chi connectivity index (χ2v) is 11.8. The Morgan fingerprint density at radius 3 is 2.68 bits per heavy atom. The van der Waals surface area contributed by atoms with Gasteiger partial charge in [-0.1, -0.05) is 11.3 Å². The molecule has 9 nitrogen and oxygen atoms in total. The molecule has 1 aliphatic heterocycles. The highest BCUT2D eigenvalue weighted by atomic mass is 32.2. The molecule has 0 spiro atoms. The minimum Gasteiger partial charge on any atom is -0.364 e. The number of hydrogen-bond donors (Lipinski definition) is 2. The van der Waals surface area contributed by atoms with Gasteiger partial charge in [0.2, 0.25) is 10.0 Å². The quantitative estimate of drug-likeness (QED) is 0.522. The molecule has 1 saturated heterocycles. The second kappa shape index (κ2) is 8.40. The molecule has 0 amide bonds. The summed E-state index contributed by atoms with van der Waals surface area (Å²) >= 11 is 0.742. The fourth-order valence-corrected chi connectivity index (χ4v) is 6.34. The van der Waals surface area contributed by atoms with Crippen LogP contribution in [0.4, 0.5) is 14.5 Å². The van der Waals surface area contributed by atoms with E-state index in [4.69, 9.17) is 0 Å². The molecule has 2 fully saturated rings. The SMILES string of the molecule is Cc1nc(-c2nnc(C(F)F)s2)c2cc(S(=O)(=O)NC3(C)CC3)cc(N3CCNC[C@@H]3C)c2n1. The van der Waals surface area contributed by atoms with Gasteiger partial charge < -0.3 is 10.2 Å². The lowest BCUT2D eigenvalue weighted by Crippen LogP contribution is -2.50. The summed E-state index contributed by atoms with van der Waals surface area (Å²) < 4.78 is 55.9. The van der Waals surface area contributed by atoms with E-state index < -0.39 is 27.0 Å². The number of halogens is 2. The summed E-state index contributed by atoms with van der Waals surface area (Å²) in [4.78, 5) is 11.3. The van der Waals surface area contributed by atoms with Crippen LogP contribution in [-0.4, -0.2) is 59.8 Å². The number of sulfonamides is 1. The molecule has 5 rings (SSSR count). The molecule has 3 heterocycles. The maximum absolute atomic E-state index is 13.3. The fraction of sp³-hybridized carbons (Fsp3) is 0.524. The Balaban J connectivity index is 1.75. The smallest absolute Gasteiger partial charge is 0.291 e. The fourth-order valence-electron chi connectivity index (χ4n) is 4.13. The van der Waals surface area contributed by atoms with Gasteiger partial charge in [0.05, 0.1) is 16.1 Å². The standard InChI is InChI=1S/C21H25F2N7O2S2/c1-11-10-24-6-7-30(11)15-9-13(34(31,32)29-21(3)4-5-21)8-14-16(15)25-12(2)26-17(14)19-27-28-20(33-19)18(22)23/h8-9,11,18,24,29H,4-7,10H2,1-3H3/t11-/m0/s1. The van der Waals surface area contributed by atoms with Gasteiger partial charge in [0.15, 0.2) is 10.0 Å². The summed E-state index contributed by atoms with van der Waals surface area (Å²) in [6, 6.07) is 3.26. The number of hydrogen-bond acceptors (Lipinski definition) is 9. The second-order valence-electron chi connectivity index (χ2n) is 9.12. The van der Waals surface area contributed by atoms with Gasteiger partial charge in [-0.2, -0.15) is 0 Å². The van der Waals surface area contributed by atoms with Crippen LogP contribution in [0.25, 0.3) is 21.6 Å². The minimum absolute atomic E-state index is 0.0844. The van der Waals surface area contributed by atoms with Crippen LogP contribution >= 0.6 is 11.3 Å². The predicted molar refractivity (Wildman–Crippen MR) is 126 cm³/mol. The van der Waals surface area contributed by atoms with E-state index >= 15 is 0 Å². The summed E-state index contributed by atoms with van der Waals surface area (Å²) in [7, 11) is -3.84. The van der Waals surface area contributed by atoms with Crippen molar-refractivity contribution < 1.29 is 17.2 Å². The molecule has 3 aromatic rings. The van der Waals surface area contributed by atoms with E-state index in [1.165, 1.54) is 6.07 Å². The van der Waals surface area contributed by atoms with E-state index in [0.717, 1.165) is 37.3 Å². The highest BCUT2D eigenvalue weighted by Gasteiger charge is 2.41. The largest absolute Gasteiger partial charge is 0.364 e. The van der Waals surface area contributed by atoms with Crippen molar-refractivity contribution in [1.82, 2.24) is 30.2 Å². The third-order valence-electron chi connectivity index (χ3n) is 6.20. The number of anilines is 1.